The van der Waals surface area contributed by atoms with Gasteiger partial charge in [-0.3, -0.25) is 4.79 Å². The van der Waals surface area contributed by atoms with Crippen molar-refractivity contribution in [3.05, 3.63) is 58.6 Å². The Morgan fingerprint density at radius 1 is 1.33 bits per heavy atom. The van der Waals surface area contributed by atoms with Gasteiger partial charge in [-0.15, -0.1) is 0 Å². The number of rotatable bonds is 5. The van der Waals surface area contributed by atoms with Gasteiger partial charge < -0.3 is 9.51 Å². The van der Waals surface area contributed by atoms with Gasteiger partial charge in [-0.25, -0.2) is 12.8 Å². The number of aliphatic carboxylic acids is 1. The number of hydrogen-bond acceptors (Lipinski definition) is 4. The van der Waals surface area contributed by atoms with Crippen LogP contribution in [0.4, 0.5) is 4.39 Å². The average molecular weight is 468 g/mol. The summed E-state index contributed by atoms with van der Waals surface area (Å²) < 4.78 is 41.0. The number of aryl methyl sites for hydroxylation is 1. The van der Waals surface area contributed by atoms with E-state index >= 15 is 0 Å². The highest BCUT2D eigenvalue weighted by molar-refractivity contribution is 7.99. The second kappa shape index (κ2) is 7.90. The van der Waals surface area contributed by atoms with Crippen LogP contribution in [0.5, 0.6) is 0 Å². The molecule has 0 bridgehead atoms. The number of aromatic nitrogens is 1. The van der Waals surface area contributed by atoms with Gasteiger partial charge in [0.05, 0.1) is 16.8 Å². The second-order valence-corrected chi connectivity index (χ2v) is 11.0. The topological polar surface area (TPSA) is 75.8 Å². The van der Waals surface area contributed by atoms with E-state index < -0.39 is 21.6 Å². The molecule has 9 heteroatoms. The third-order valence-electron chi connectivity index (χ3n) is 5.29. The van der Waals surface area contributed by atoms with Crippen LogP contribution in [0.25, 0.3) is 5.52 Å². The molecule has 1 unspecified atom stereocenters. The molecule has 0 saturated carbocycles. The highest BCUT2D eigenvalue weighted by atomic mass is 35.5. The van der Waals surface area contributed by atoms with Crippen LogP contribution >= 0.6 is 23.4 Å². The predicted octanol–water partition coefficient (Wildman–Crippen LogP) is 5.18. The average Bonchev–Trinajstić information content (AvgIpc) is 2.96. The van der Waals surface area contributed by atoms with Crippen molar-refractivity contribution in [3.8, 4) is 0 Å². The molecule has 3 aromatic rings. The van der Waals surface area contributed by atoms with Crippen molar-refractivity contribution in [2.75, 3.05) is 6.26 Å². The molecule has 0 saturated heterocycles. The lowest BCUT2D eigenvalue weighted by atomic mass is 9.84. The molecule has 1 N–H and O–H groups in total. The molecule has 1 aliphatic carbocycles. The lowest BCUT2D eigenvalue weighted by molar-refractivity contribution is -0.137. The maximum absolute atomic E-state index is 14.4. The van der Waals surface area contributed by atoms with E-state index in [4.69, 9.17) is 11.6 Å². The standard InChI is InChI=1S/C21H19ClFNO4S2/c1-30(27,28)17-10-14(23)11-24-16-4-2-3-12(9-18(25)26)19(16)21(20(17)24)29-15-7-5-13(22)6-8-15/h5-8,10-12H,2-4,9H2,1H3,(H,25,26). The van der Waals surface area contributed by atoms with Crippen LogP contribution in [0.2, 0.25) is 5.02 Å². The van der Waals surface area contributed by atoms with Gasteiger partial charge >= 0.3 is 5.97 Å². The van der Waals surface area contributed by atoms with E-state index in [1.54, 1.807) is 16.5 Å². The van der Waals surface area contributed by atoms with Gasteiger partial charge in [0.1, 0.15) is 5.82 Å². The number of carboxylic acid groups (broad SMARTS) is 1. The molecular weight excluding hydrogens is 449 g/mol. The van der Waals surface area contributed by atoms with Gasteiger partial charge in [0.2, 0.25) is 0 Å². The van der Waals surface area contributed by atoms with Crippen LogP contribution < -0.4 is 0 Å². The van der Waals surface area contributed by atoms with Crippen LogP contribution in [0.1, 0.15) is 36.4 Å². The Morgan fingerprint density at radius 3 is 2.67 bits per heavy atom. The van der Waals surface area contributed by atoms with E-state index in [1.807, 2.05) is 12.1 Å². The summed E-state index contributed by atoms with van der Waals surface area (Å²) >= 11 is 7.34. The summed E-state index contributed by atoms with van der Waals surface area (Å²) in [5.74, 6) is -1.83. The van der Waals surface area contributed by atoms with Crippen molar-refractivity contribution < 1.29 is 22.7 Å². The Hall–Kier alpha value is -2.03. The molecule has 1 aromatic carbocycles. The minimum absolute atomic E-state index is 0.0608. The van der Waals surface area contributed by atoms with Crippen LogP contribution in [0, 0.1) is 5.82 Å². The lowest BCUT2D eigenvalue weighted by Gasteiger charge is -2.23. The van der Waals surface area contributed by atoms with E-state index in [1.165, 1.54) is 18.0 Å². The fourth-order valence-electron chi connectivity index (χ4n) is 4.12. The molecule has 0 fully saturated rings. The number of carboxylic acids is 1. The van der Waals surface area contributed by atoms with Crippen molar-refractivity contribution in [1.29, 1.82) is 0 Å². The van der Waals surface area contributed by atoms with Gasteiger partial charge in [0, 0.05) is 33.0 Å². The van der Waals surface area contributed by atoms with Gasteiger partial charge in [0.25, 0.3) is 0 Å². The molecule has 30 heavy (non-hydrogen) atoms. The Bertz CT molecular complexity index is 1250. The smallest absolute Gasteiger partial charge is 0.303 e. The zero-order valence-corrected chi connectivity index (χ0v) is 18.5. The minimum Gasteiger partial charge on any atom is -0.481 e. The highest BCUT2D eigenvalue weighted by Crippen LogP contribution is 2.47. The van der Waals surface area contributed by atoms with Crippen LogP contribution in [0.3, 0.4) is 0 Å². The summed E-state index contributed by atoms with van der Waals surface area (Å²) in [6, 6.07) is 8.15. The Morgan fingerprint density at radius 2 is 2.03 bits per heavy atom. The normalized spacial score (nSPS) is 16.6. The first kappa shape index (κ1) is 21.2. The Balaban J connectivity index is 2.05. The summed E-state index contributed by atoms with van der Waals surface area (Å²) in [5.41, 5.74) is 1.99. The molecule has 2 heterocycles. The number of sulfone groups is 1. The summed E-state index contributed by atoms with van der Waals surface area (Å²) in [6.45, 7) is 0. The molecule has 1 aliphatic rings. The van der Waals surface area contributed by atoms with Crippen molar-refractivity contribution in [1.82, 2.24) is 4.40 Å². The maximum Gasteiger partial charge on any atom is 0.303 e. The quantitative estimate of drug-likeness (QED) is 0.559. The van der Waals surface area contributed by atoms with E-state index in [0.717, 1.165) is 34.9 Å². The van der Waals surface area contributed by atoms with Crippen LogP contribution in [0.15, 0.2) is 51.2 Å². The molecule has 0 aliphatic heterocycles. The molecular formula is C21H19ClFNO4S2. The molecule has 0 spiro atoms. The first-order valence-electron chi connectivity index (χ1n) is 9.36. The van der Waals surface area contributed by atoms with Crippen LogP contribution in [-0.2, 0) is 21.1 Å². The third-order valence-corrected chi connectivity index (χ3v) is 7.77. The first-order chi connectivity index (χ1) is 14.1. The number of fused-ring (bicyclic) bond motifs is 3. The van der Waals surface area contributed by atoms with Crippen molar-refractivity contribution in [3.63, 3.8) is 0 Å². The fraction of sp³-hybridized carbons (Fsp3) is 0.286. The number of benzene rings is 1. The van der Waals surface area contributed by atoms with Crippen LogP contribution in [-0.4, -0.2) is 30.2 Å². The van der Waals surface area contributed by atoms with E-state index in [-0.39, 0.29) is 17.2 Å². The van der Waals surface area contributed by atoms with E-state index in [0.29, 0.717) is 28.3 Å². The molecule has 4 rings (SSSR count). The fourth-order valence-corrected chi connectivity index (χ4v) is 6.39. The number of nitrogens with zero attached hydrogens (tertiary/aromatic N) is 1. The Labute approximate surface area is 182 Å². The first-order valence-corrected chi connectivity index (χ1v) is 12.5. The van der Waals surface area contributed by atoms with Gasteiger partial charge in [-0.05, 0) is 61.1 Å². The summed E-state index contributed by atoms with van der Waals surface area (Å²) in [6.07, 6.45) is 4.35. The Kier molecular flexibility index (Phi) is 5.59. The molecule has 0 amide bonds. The van der Waals surface area contributed by atoms with E-state index in [9.17, 15) is 22.7 Å². The summed E-state index contributed by atoms with van der Waals surface area (Å²) in [7, 11) is -3.73. The zero-order valence-electron chi connectivity index (χ0n) is 16.1. The molecule has 2 aromatic heterocycles. The molecule has 5 nitrogen and oxygen atoms in total. The van der Waals surface area contributed by atoms with Gasteiger partial charge in [-0.2, -0.15) is 0 Å². The largest absolute Gasteiger partial charge is 0.481 e. The van der Waals surface area contributed by atoms with E-state index in [2.05, 4.69) is 0 Å². The number of hydrogen-bond donors (Lipinski definition) is 1. The van der Waals surface area contributed by atoms with Gasteiger partial charge in [-0.1, -0.05) is 23.4 Å². The molecule has 0 radical (unpaired) electrons. The monoisotopic (exact) mass is 467 g/mol. The highest BCUT2D eigenvalue weighted by Gasteiger charge is 2.33. The van der Waals surface area contributed by atoms with Crippen molar-refractivity contribution >= 4 is 44.7 Å². The third kappa shape index (κ3) is 3.96. The van der Waals surface area contributed by atoms with Gasteiger partial charge in [0.15, 0.2) is 9.84 Å². The minimum atomic E-state index is -3.73. The van der Waals surface area contributed by atoms with Crippen molar-refractivity contribution in [2.24, 2.45) is 0 Å². The SMILES string of the molecule is CS(=O)(=O)c1cc(F)cn2c3c(c(Sc4ccc(Cl)cc4)c12)C(CC(=O)O)CCC3. The summed E-state index contributed by atoms with van der Waals surface area (Å²) in [5, 5.41) is 10.00. The summed E-state index contributed by atoms with van der Waals surface area (Å²) in [4.78, 5) is 12.9. The lowest BCUT2D eigenvalue weighted by Crippen LogP contribution is -2.14. The number of halogens is 2. The second-order valence-electron chi connectivity index (χ2n) is 7.45. The number of carbonyl (C=O) groups is 1. The maximum atomic E-state index is 14.4. The molecule has 158 valence electrons. The molecule has 1 atom stereocenters. The zero-order chi connectivity index (χ0) is 21.6. The number of pyridine rings is 1. The predicted molar refractivity (Wildman–Crippen MR) is 114 cm³/mol. The van der Waals surface area contributed by atoms with Crippen molar-refractivity contribution in [2.45, 2.75) is 46.3 Å².